The first-order valence-electron chi connectivity index (χ1n) is 6.17. The van der Waals surface area contributed by atoms with E-state index in [1.807, 2.05) is 24.3 Å². The highest BCUT2D eigenvalue weighted by Gasteiger charge is 2.25. The maximum Gasteiger partial charge on any atom is 0.148 e. The summed E-state index contributed by atoms with van der Waals surface area (Å²) in [7, 11) is 0. The fourth-order valence-electron chi connectivity index (χ4n) is 2.03. The molecule has 1 aliphatic carbocycles. The average molecular weight is 267 g/mol. The molecule has 20 heavy (non-hydrogen) atoms. The molecule has 5 nitrogen and oxygen atoms in total. The highest BCUT2D eigenvalue weighted by atomic mass is 16.5. The van der Waals surface area contributed by atoms with Gasteiger partial charge in [-0.1, -0.05) is 24.1 Å². The normalized spacial score (nSPS) is 19.4. The minimum Gasteiger partial charge on any atom is -0.505 e. The van der Waals surface area contributed by atoms with Gasteiger partial charge in [0.2, 0.25) is 0 Å². The molecule has 1 aromatic rings. The summed E-state index contributed by atoms with van der Waals surface area (Å²) in [6, 6.07) is 5.02. The van der Waals surface area contributed by atoms with Gasteiger partial charge in [0.15, 0.2) is 0 Å². The smallest absolute Gasteiger partial charge is 0.148 e. The van der Waals surface area contributed by atoms with Crippen molar-refractivity contribution in [3.05, 3.63) is 42.5 Å². The number of nitrogens with one attached hydrogen (secondary N) is 1. The van der Waals surface area contributed by atoms with Crippen LogP contribution in [0.15, 0.2) is 47.6 Å². The Morgan fingerprint density at radius 1 is 1.45 bits per heavy atom. The third-order valence-electron chi connectivity index (χ3n) is 2.97. The quantitative estimate of drug-likeness (QED) is 0.816. The Morgan fingerprint density at radius 3 is 3.10 bits per heavy atom. The Balaban J connectivity index is 1.82. The van der Waals surface area contributed by atoms with Gasteiger partial charge in [0.1, 0.15) is 23.8 Å². The molecule has 0 saturated carbocycles. The zero-order valence-electron chi connectivity index (χ0n) is 10.7. The molecule has 1 heterocycles. The van der Waals surface area contributed by atoms with Gasteiger partial charge in [0.05, 0.1) is 11.8 Å². The van der Waals surface area contributed by atoms with E-state index in [1.165, 1.54) is 6.07 Å². The van der Waals surface area contributed by atoms with Crippen LogP contribution in [0.4, 0.5) is 5.69 Å². The highest BCUT2D eigenvalue weighted by molar-refractivity contribution is 6.03. The number of hydrazone groups is 1. The molecular formula is C15H13N3O2. The van der Waals surface area contributed by atoms with E-state index in [-0.39, 0.29) is 18.4 Å². The van der Waals surface area contributed by atoms with E-state index in [0.717, 1.165) is 5.71 Å². The Kier molecular flexibility index (Phi) is 3.15. The van der Waals surface area contributed by atoms with Crippen LogP contribution in [0, 0.1) is 12.3 Å². The number of anilines is 1. The van der Waals surface area contributed by atoms with Crippen LogP contribution in [0.1, 0.15) is 0 Å². The Bertz CT molecular complexity index is 656. The van der Waals surface area contributed by atoms with Gasteiger partial charge in [-0.25, -0.2) is 0 Å². The monoisotopic (exact) mass is 267 g/mol. The Morgan fingerprint density at radius 2 is 2.35 bits per heavy atom. The number of terminal acetylenes is 1. The van der Waals surface area contributed by atoms with Gasteiger partial charge in [-0.05, 0) is 18.2 Å². The number of ether oxygens (including phenoxy) is 1. The fourth-order valence-corrected chi connectivity index (χ4v) is 2.03. The molecule has 0 spiro atoms. The number of hydrazine groups is 1. The van der Waals surface area contributed by atoms with Crippen molar-refractivity contribution in [3.8, 4) is 23.8 Å². The summed E-state index contributed by atoms with van der Waals surface area (Å²) >= 11 is 0. The maximum absolute atomic E-state index is 10.1. The molecule has 2 aliphatic rings. The topological polar surface area (TPSA) is 57.1 Å². The summed E-state index contributed by atoms with van der Waals surface area (Å²) in [5.74, 6) is 2.97. The number of hydrogen-bond acceptors (Lipinski definition) is 5. The zero-order valence-corrected chi connectivity index (χ0v) is 10.7. The van der Waals surface area contributed by atoms with E-state index >= 15 is 0 Å². The molecule has 1 unspecified atom stereocenters. The molecule has 5 heteroatoms. The molecule has 0 radical (unpaired) electrons. The van der Waals surface area contributed by atoms with Gasteiger partial charge in [-0.2, -0.15) is 15.6 Å². The number of benzene rings is 1. The molecule has 1 atom stereocenters. The summed E-state index contributed by atoms with van der Waals surface area (Å²) in [4.78, 5) is 0. The first-order chi connectivity index (χ1) is 9.78. The molecule has 1 aliphatic heterocycles. The molecule has 0 fully saturated rings. The lowest BCUT2D eigenvalue weighted by atomic mass is 10.1. The number of hydrogen-bond donors (Lipinski definition) is 2. The second-order valence-electron chi connectivity index (χ2n) is 4.33. The molecular weight excluding hydrogens is 254 g/mol. The van der Waals surface area contributed by atoms with Crippen LogP contribution in [-0.2, 0) is 0 Å². The van der Waals surface area contributed by atoms with E-state index < -0.39 is 0 Å². The fraction of sp³-hybridized carbons (Fsp3) is 0.133. The van der Waals surface area contributed by atoms with Crippen LogP contribution in [0.2, 0.25) is 0 Å². The Hall–Kier alpha value is -2.71. The SMILES string of the molecule is C#CCOc1ccc(N2N=C3C=CC=CC3N2)c(O)c1. The molecule has 0 bridgehead atoms. The van der Waals surface area contributed by atoms with Crippen molar-refractivity contribution in [3.63, 3.8) is 0 Å². The third kappa shape index (κ3) is 2.25. The number of fused-ring (bicyclic) bond motifs is 1. The van der Waals surface area contributed by atoms with Gasteiger partial charge in [-0.3, -0.25) is 0 Å². The number of aromatic hydroxyl groups is 1. The van der Waals surface area contributed by atoms with Crippen LogP contribution < -0.4 is 15.3 Å². The van der Waals surface area contributed by atoms with Crippen molar-refractivity contribution in [2.24, 2.45) is 5.10 Å². The molecule has 1 aromatic carbocycles. The van der Waals surface area contributed by atoms with Crippen molar-refractivity contribution < 1.29 is 9.84 Å². The van der Waals surface area contributed by atoms with E-state index in [4.69, 9.17) is 11.2 Å². The predicted octanol–water partition coefficient (Wildman–Crippen LogP) is 1.58. The molecule has 0 amide bonds. The van der Waals surface area contributed by atoms with Crippen LogP contribution in [0.25, 0.3) is 0 Å². The zero-order chi connectivity index (χ0) is 13.9. The number of phenolic OH excluding ortho intramolecular Hbond substituents is 1. The number of phenols is 1. The number of nitrogens with zero attached hydrogens (tertiary/aromatic N) is 2. The van der Waals surface area contributed by atoms with E-state index in [0.29, 0.717) is 11.4 Å². The van der Waals surface area contributed by atoms with Crippen LogP contribution in [-0.4, -0.2) is 23.5 Å². The van der Waals surface area contributed by atoms with Crippen molar-refractivity contribution in [2.75, 3.05) is 11.7 Å². The predicted molar refractivity (Wildman–Crippen MR) is 77.6 cm³/mol. The number of allylic oxidation sites excluding steroid dienone is 2. The van der Waals surface area contributed by atoms with Gasteiger partial charge in [0, 0.05) is 6.07 Å². The second kappa shape index (κ2) is 5.11. The average Bonchev–Trinajstić information content (AvgIpc) is 2.88. The van der Waals surface area contributed by atoms with Crippen molar-refractivity contribution in [1.29, 1.82) is 0 Å². The van der Waals surface area contributed by atoms with E-state index in [1.54, 1.807) is 17.3 Å². The molecule has 3 rings (SSSR count). The minimum atomic E-state index is 0.0387. The van der Waals surface area contributed by atoms with Crippen molar-refractivity contribution in [2.45, 2.75) is 6.04 Å². The van der Waals surface area contributed by atoms with Gasteiger partial charge < -0.3 is 9.84 Å². The lowest BCUT2D eigenvalue weighted by Crippen LogP contribution is -2.36. The lowest BCUT2D eigenvalue weighted by Gasteiger charge is -2.17. The van der Waals surface area contributed by atoms with Crippen LogP contribution in [0.3, 0.4) is 0 Å². The summed E-state index contributed by atoms with van der Waals surface area (Å²) < 4.78 is 5.26. The first kappa shape index (κ1) is 12.3. The summed E-state index contributed by atoms with van der Waals surface area (Å²) in [6.07, 6.45) is 12.9. The third-order valence-corrected chi connectivity index (χ3v) is 2.97. The Labute approximate surface area is 116 Å². The molecule has 100 valence electrons. The minimum absolute atomic E-state index is 0.0387. The van der Waals surface area contributed by atoms with Crippen molar-refractivity contribution >= 4 is 11.4 Å². The maximum atomic E-state index is 10.1. The number of rotatable bonds is 3. The van der Waals surface area contributed by atoms with Gasteiger partial charge in [0.25, 0.3) is 0 Å². The largest absolute Gasteiger partial charge is 0.505 e. The van der Waals surface area contributed by atoms with Crippen LogP contribution in [0.5, 0.6) is 11.5 Å². The summed E-state index contributed by atoms with van der Waals surface area (Å²) in [5.41, 5.74) is 4.63. The molecule has 2 N–H and O–H groups in total. The van der Waals surface area contributed by atoms with Crippen molar-refractivity contribution in [1.82, 2.24) is 5.43 Å². The van der Waals surface area contributed by atoms with E-state index in [9.17, 15) is 5.11 Å². The van der Waals surface area contributed by atoms with Crippen LogP contribution >= 0.6 is 0 Å². The molecule has 0 aromatic heterocycles. The summed E-state index contributed by atoms with van der Waals surface area (Å²) in [5, 5.41) is 16.0. The van der Waals surface area contributed by atoms with Gasteiger partial charge in [-0.15, -0.1) is 6.42 Å². The molecule has 0 saturated heterocycles. The van der Waals surface area contributed by atoms with Gasteiger partial charge >= 0.3 is 0 Å². The highest BCUT2D eigenvalue weighted by Crippen LogP contribution is 2.32. The first-order valence-corrected chi connectivity index (χ1v) is 6.17. The lowest BCUT2D eigenvalue weighted by molar-refractivity contribution is 0.366. The van der Waals surface area contributed by atoms with E-state index in [2.05, 4.69) is 16.4 Å². The summed E-state index contributed by atoms with van der Waals surface area (Å²) in [6.45, 7) is 0.167. The standard InChI is InChI=1S/C15H13N3O2/c1-2-9-20-11-7-8-14(15(19)10-11)18-16-12-5-3-4-6-13(12)17-18/h1,3-8,10,12,16,19H,9H2. The second-order valence-corrected chi connectivity index (χ2v) is 4.33.